The van der Waals surface area contributed by atoms with Crippen LogP contribution in [0.1, 0.15) is 16.8 Å². The van der Waals surface area contributed by atoms with Crippen LogP contribution < -0.4 is 15.2 Å². The second-order valence-corrected chi connectivity index (χ2v) is 7.24. The van der Waals surface area contributed by atoms with Crippen molar-refractivity contribution < 1.29 is 9.47 Å². The molecule has 0 saturated carbocycles. The van der Waals surface area contributed by atoms with Crippen molar-refractivity contribution in [2.75, 3.05) is 7.11 Å². The summed E-state index contributed by atoms with van der Waals surface area (Å²) < 4.78 is 13.9. The number of methoxy groups -OCH3 is 1. The number of aromatic nitrogens is 2. The van der Waals surface area contributed by atoms with Crippen LogP contribution in [0, 0.1) is 18.3 Å². The first-order valence-electron chi connectivity index (χ1n) is 8.60. The molecule has 0 amide bonds. The van der Waals surface area contributed by atoms with E-state index in [2.05, 4.69) is 27.1 Å². The molecular weight excluding hydrogens is 420 g/mol. The van der Waals surface area contributed by atoms with Gasteiger partial charge in [-0.1, -0.05) is 28.1 Å². The Morgan fingerprint density at radius 3 is 2.46 bits per heavy atom. The second-order valence-electron chi connectivity index (χ2n) is 6.32. The minimum Gasteiger partial charge on any atom is -0.497 e. The Labute approximate surface area is 170 Å². The van der Waals surface area contributed by atoms with Crippen LogP contribution in [-0.2, 0) is 0 Å². The number of nitrogens with zero attached hydrogens (tertiary/aromatic N) is 3. The second kappa shape index (κ2) is 7.15. The van der Waals surface area contributed by atoms with Crippen LogP contribution in [0.3, 0.4) is 0 Å². The van der Waals surface area contributed by atoms with E-state index in [9.17, 15) is 5.26 Å². The maximum atomic E-state index is 9.74. The first kappa shape index (κ1) is 18.3. The van der Waals surface area contributed by atoms with Gasteiger partial charge in [0.05, 0.1) is 29.6 Å². The lowest BCUT2D eigenvalue weighted by molar-refractivity contribution is 0.228. The van der Waals surface area contributed by atoms with Gasteiger partial charge in [-0.05, 0) is 48.9 Å². The standard InChI is InChI=1S/C21H17BrN4O2/c1-12-18-19(13-3-9-16(27-2)10-4-13)17(11-23)20(24)28-21(18)26(25-12)15-7-5-14(22)6-8-15/h3-10,20H,24H2,1-2H3. The highest BCUT2D eigenvalue weighted by molar-refractivity contribution is 9.10. The average Bonchev–Trinajstić information content (AvgIpc) is 3.03. The van der Waals surface area contributed by atoms with Gasteiger partial charge >= 0.3 is 0 Å². The number of fused-ring (bicyclic) bond motifs is 1. The van der Waals surface area contributed by atoms with E-state index < -0.39 is 6.23 Å². The Morgan fingerprint density at radius 2 is 1.86 bits per heavy atom. The minimum atomic E-state index is -0.875. The zero-order chi connectivity index (χ0) is 19.8. The number of nitriles is 1. The van der Waals surface area contributed by atoms with Crippen molar-refractivity contribution in [2.24, 2.45) is 5.73 Å². The van der Waals surface area contributed by atoms with Gasteiger partial charge in [0, 0.05) is 10.0 Å². The number of halogens is 1. The molecule has 2 heterocycles. The number of hydrogen-bond donors (Lipinski definition) is 1. The van der Waals surface area contributed by atoms with E-state index in [0.717, 1.165) is 38.3 Å². The van der Waals surface area contributed by atoms with Gasteiger partial charge in [-0.15, -0.1) is 0 Å². The summed E-state index contributed by atoms with van der Waals surface area (Å²) in [4.78, 5) is 0. The van der Waals surface area contributed by atoms with Crippen molar-refractivity contribution in [1.82, 2.24) is 9.78 Å². The molecule has 0 saturated heterocycles. The molecule has 0 aliphatic carbocycles. The van der Waals surface area contributed by atoms with Crippen LogP contribution in [0.25, 0.3) is 11.3 Å². The summed E-state index contributed by atoms with van der Waals surface area (Å²) >= 11 is 3.44. The smallest absolute Gasteiger partial charge is 0.226 e. The van der Waals surface area contributed by atoms with E-state index in [4.69, 9.17) is 15.2 Å². The van der Waals surface area contributed by atoms with Gasteiger partial charge in [-0.3, -0.25) is 5.73 Å². The first-order chi connectivity index (χ1) is 13.5. The highest BCUT2D eigenvalue weighted by Gasteiger charge is 2.33. The molecule has 3 aromatic rings. The molecule has 6 nitrogen and oxygen atoms in total. The summed E-state index contributed by atoms with van der Waals surface area (Å²) in [6, 6.07) is 17.5. The minimum absolute atomic E-state index is 0.371. The van der Waals surface area contributed by atoms with Crippen molar-refractivity contribution >= 4 is 21.5 Å². The van der Waals surface area contributed by atoms with Crippen LogP contribution in [0.2, 0.25) is 0 Å². The number of ether oxygens (including phenoxy) is 2. The highest BCUT2D eigenvalue weighted by Crippen LogP contribution is 2.42. The monoisotopic (exact) mass is 436 g/mol. The lowest BCUT2D eigenvalue weighted by Crippen LogP contribution is -2.33. The van der Waals surface area contributed by atoms with Crippen molar-refractivity contribution in [3.8, 4) is 23.4 Å². The Kier molecular flexibility index (Phi) is 4.67. The van der Waals surface area contributed by atoms with Crippen LogP contribution in [0.5, 0.6) is 11.6 Å². The molecule has 28 heavy (non-hydrogen) atoms. The molecule has 2 N–H and O–H groups in total. The van der Waals surface area contributed by atoms with Gasteiger partial charge in [0.2, 0.25) is 5.88 Å². The van der Waals surface area contributed by atoms with E-state index in [0.29, 0.717) is 11.5 Å². The normalized spacial score (nSPS) is 15.6. The summed E-state index contributed by atoms with van der Waals surface area (Å²) in [7, 11) is 1.61. The largest absolute Gasteiger partial charge is 0.497 e. The highest BCUT2D eigenvalue weighted by atomic mass is 79.9. The number of benzene rings is 2. The maximum Gasteiger partial charge on any atom is 0.226 e. The molecule has 1 atom stereocenters. The van der Waals surface area contributed by atoms with Crippen LogP contribution >= 0.6 is 15.9 Å². The van der Waals surface area contributed by atoms with Gasteiger partial charge in [0.1, 0.15) is 11.8 Å². The number of aryl methyl sites for hydroxylation is 1. The average molecular weight is 437 g/mol. The van der Waals surface area contributed by atoms with Crippen molar-refractivity contribution in [3.05, 3.63) is 75.4 Å². The summed E-state index contributed by atoms with van der Waals surface area (Å²) in [5, 5.41) is 14.4. The van der Waals surface area contributed by atoms with Gasteiger partial charge < -0.3 is 9.47 Å². The predicted molar refractivity (Wildman–Crippen MR) is 109 cm³/mol. The quantitative estimate of drug-likeness (QED) is 0.671. The fraction of sp³-hybridized carbons (Fsp3) is 0.143. The molecule has 1 aliphatic heterocycles. The Morgan fingerprint density at radius 1 is 1.18 bits per heavy atom. The molecule has 2 aromatic carbocycles. The van der Waals surface area contributed by atoms with Crippen LogP contribution in [0.4, 0.5) is 0 Å². The molecule has 0 bridgehead atoms. The maximum absolute atomic E-state index is 9.74. The third-order valence-corrected chi connectivity index (χ3v) is 5.16. The lowest BCUT2D eigenvalue weighted by atomic mass is 9.91. The molecule has 0 fully saturated rings. The third kappa shape index (κ3) is 2.97. The van der Waals surface area contributed by atoms with E-state index in [1.807, 2.05) is 55.5 Å². The Bertz CT molecular complexity index is 1110. The topological polar surface area (TPSA) is 86.1 Å². The van der Waals surface area contributed by atoms with E-state index in [1.165, 1.54) is 0 Å². The summed E-state index contributed by atoms with van der Waals surface area (Å²) in [5.41, 5.74) is 10.5. The van der Waals surface area contributed by atoms with Crippen LogP contribution in [-0.4, -0.2) is 23.1 Å². The lowest BCUT2D eigenvalue weighted by Gasteiger charge is -2.25. The van der Waals surface area contributed by atoms with Gasteiger partial charge in [-0.25, -0.2) is 4.68 Å². The molecule has 7 heteroatoms. The molecular formula is C21H17BrN4O2. The SMILES string of the molecule is COc1ccc(C2=C(C#N)C(N)Oc3c2c(C)nn3-c2ccc(Br)cc2)cc1. The molecule has 0 spiro atoms. The van der Waals surface area contributed by atoms with Gasteiger partial charge in [0.25, 0.3) is 0 Å². The van der Waals surface area contributed by atoms with Gasteiger partial charge in [0.15, 0.2) is 6.23 Å². The molecule has 4 rings (SSSR count). The van der Waals surface area contributed by atoms with Crippen molar-refractivity contribution in [1.29, 1.82) is 5.26 Å². The van der Waals surface area contributed by atoms with Crippen molar-refractivity contribution in [3.63, 3.8) is 0 Å². The molecule has 1 aromatic heterocycles. The van der Waals surface area contributed by atoms with E-state index in [1.54, 1.807) is 11.8 Å². The van der Waals surface area contributed by atoms with E-state index >= 15 is 0 Å². The summed E-state index contributed by atoms with van der Waals surface area (Å²) in [5.74, 6) is 1.26. The zero-order valence-electron chi connectivity index (χ0n) is 15.3. The number of nitrogens with two attached hydrogens (primary N) is 1. The Balaban J connectivity index is 1.94. The predicted octanol–water partition coefficient (Wildman–Crippen LogP) is 3.95. The number of hydrogen-bond acceptors (Lipinski definition) is 5. The fourth-order valence-corrected chi connectivity index (χ4v) is 3.56. The zero-order valence-corrected chi connectivity index (χ0v) is 16.9. The van der Waals surface area contributed by atoms with Gasteiger partial charge in [-0.2, -0.15) is 10.4 Å². The van der Waals surface area contributed by atoms with E-state index in [-0.39, 0.29) is 0 Å². The third-order valence-electron chi connectivity index (χ3n) is 4.63. The number of rotatable bonds is 3. The molecule has 140 valence electrons. The summed E-state index contributed by atoms with van der Waals surface area (Å²) in [6.45, 7) is 1.90. The molecule has 0 radical (unpaired) electrons. The Hall–Kier alpha value is -3.08. The van der Waals surface area contributed by atoms with Crippen LogP contribution in [0.15, 0.2) is 58.6 Å². The molecule has 1 unspecified atom stereocenters. The molecule has 1 aliphatic rings. The summed E-state index contributed by atoms with van der Waals surface area (Å²) in [6.07, 6.45) is -0.875. The first-order valence-corrected chi connectivity index (χ1v) is 9.39. The fourth-order valence-electron chi connectivity index (χ4n) is 3.29. The van der Waals surface area contributed by atoms with Crippen molar-refractivity contribution in [2.45, 2.75) is 13.2 Å².